The molecule has 0 saturated heterocycles. The molecule has 4 N–H and O–H groups in total. The predicted octanol–water partition coefficient (Wildman–Crippen LogP) is 4.34. The average molecular weight is 563 g/mol. The second-order valence-corrected chi connectivity index (χ2v) is 13.2. The van der Waals surface area contributed by atoms with Gasteiger partial charge in [0.2, 0.25) is 0 Å². The van der Waals surface area contributed by atoms with Gasteiger partial charge in [-0.1, -0.05) is 25.1 Å². The van der Waals surface area contributed by atoms with Crippen LogP contribution in [0.3, 0.4) is 0 Å². The summed E-state index contributed by atoms with van der Waals surface area (Å²) in [6.07, 6.45) is 14.8. The van der Waals surface area contributed by atoms with E-state index in [1.54, 1.807) is 0 Å². The van der Waals surface area contributed by atoms with E-state index in [1.165, 1.54) is 12.8 Å². The Hall–Kier alpha value is -2.23. The van der Waals surface area contributed by atoms with E-state index < -0.39 is 17.5 Å². The van der Waals surface area contributed by atoms with E-state index in [0.29, 0.717) is 47.8 Å². The number of likely N-dealkylation sites (N-methyl/N-ethyl adjacent to an activating group) is 1. The monoisotopic (exact) mass is 562 g/mol. The van der Waals surface area contributed by atoms with Crippen LogP contribution < -0.4 is 0 Å². The van der Waals surface area contributed by atoms with Crippen LogP contribution in [0.1, 0.15) is 78.6 Å². The standard InChI is InChI=1S/C27H46N2O3.C4H4O4/c1-19(18-28-32-15-14-29(4)5)16-21-8-13-27(31)24-7-6-20-17-22(30)9-11-25(20,2)23(24)10-12-26(21,27)3;5-3(6)1-2-4(7)8/h16,18,20-24,30-31H,6-15,17H2,1-5H3;1-2H,(H,5,6)(H,7,8)/b19-16+,28-18+;2-1+/t20-,21-,22+,23+,24-,25+,26-,27+;/m1./s1. The van der Waals surface area contributed by atoms with Gasteiger partial charge in [-0.05, 0) is 113 Å². The van der Waals surface area contributed by atoms with Crippen molar-refractivity contribution < 1.29 is 34.9 Å². The van der Waals surface area contributed by atoms with E-state index in [2.05, 4.69) is 36.9 Å². The second kappa shape index (κ2) is 13.2. The van der Waals surface area contributed by atoms with E-state index in [-0.39, 0.29) is 11.5 Å². The minimum absolute atomic E-state index is 0.0631. The van der Waals surface area contributed by atoms with Crippen molar-refractivity contribution in [2.24, 2.45) is 39.7 Å². The van der Waals surface area contributed by atoms with Gasteiger partial charge < -0.3 is 30.2 Å². The normalized spacial score (nSPS) is 39.3. The molecule has 0 heterocycles. The highest BCUT2D eigenvalue weighted by Crippen LogP contribution is 2.69. The van der Waals surface area contributed by atoms with E-state index in [4.69, 9.17) is 15.1 Å². The van der Waals surface area contributed by atoms with Gasteiger partial charge in [0.05, 0.1) is 17.9 Å². The van der Waals surface area contributed by atoms with Crippen molar-refractivity contribution in [2.45, 2.75) is 90.3 Å². The largest absolute Gasteiger partial charge is 0.478 e. The first kappa shape index (κ1) is 32.3. The number of hydrogen-bond donors (Lipinski definition) is 4. The lowest BCUT2D eigenvalue weighted by molar-refractivity contribution is -0.207. The van der Waals surface area contributed by atoms with Crippen LogP contribution in [0.4, 0.5) is 0 Å². The Labute approximate surface area is 239 Å². The summed E-state index contributed by atoms with van der Waals surface area (Å²) < 4.78 is 0. The van der Waals surface area contributed by atoms with E-state index >= 15 is 0 Å². The molecule has 4 rings (SSSR count). The smallest absolute Gasteiger partial charge is 0.328 e. The fraction of sp³-hybridized carbons (Fsp3) is 0.774. The summed E-state index contributed by atoms with van der Waals surface area (Å²) in [7, 11) is 4.05. The number of aliphatic hydroxyl groups is 2. The Kier molecular flexibility index (Phi) is 10.6. The topological polar surface area (TPSA) is 140 Å². The van der Waals surface area contributed by atoms with Crippen LogP contribution in [0.25, 0.3) is 0 Å². The zero-order valence-electron chi connectivity index (χ0n) is 24.9. The molecule has 0 bridgehead atoms. The minimum Gasteiger partial charge on any atom is -0.478 e. The highest BCUT2D eigenvalue weighted by Gasteiger charge is 2.66. The molecule has 0 unspecified atom stereocenters. The molecule has 0 aromatic rings. The van der Waals surface area contributed by atoms with Crippen LogP contribution in [-0.4, -0.2) is 82.4 Å². The molecule has 4 fully saturated rings. The third-order valence-electron chi connectivity index (χ3n) is 10.7. The SMILES string of the molecule is CC(/C=N/OCCN(C)C)=C\[C@H]1CC[C@]2(O)[C@@H]3CC[C@@H]4C[C@@H](O)CC[C@]4(C)[C@H]3CC[C@]12C.O=C(O)/C=C/C(=O)O. The lowest BCUT2D eigenvalue weighted by Gasteiger charge is -2.63. The van der Waals surface area contributed by atoms with Crippen molar-refractivity contribution in [1.82, 2.24) is 4.90 Å². The predicted molar refractivity (Wildman–Crippen MR) is 154 cm³/mol. The number of oxime groups is 1. The maximum absolute atomic E-state index is 12.3. The van der Waals surface area contributed by atoms with E-state index in [0.717, 1.165) is 57.1 Å². The molecule has 226 valence electrons. The van der Waals surface area contributed by atoms with Gasteiger partial charge in [0.1, 0.15) is 6.61 Å². The highest BCUT2D eigenvalue weighted by molar-refractivity contribution is 5.89. The van der Waals surface area contributed by atoms with Crippen molar-refractivity contribution in [2.75, 3.05) is 27.2 Å². The summed E-state index contributed by atoms with van der Waals surface area (Å²) in [5.74, 6) is -0.495. The summed E-state index contributed by atoms with van der Waals surface area (Å²) >= 11 is 0. The number of rotatable bonds is 8. The summed E-state index contributed by atoms with van der Waals surface area (Å²) in [4.78, 5) is 26.6. The van der Waals surface area contributed by atoms with Gasteiger partial charge >= 0.3 is 11.9 Å². The van der Waals surface area contributed by atoms with Gasteiger partial charge in [0.25, 0.3) is 0 Å². The number of hydrogen-bond acceptors (Lipinski definition) is 7. The number of carbonyl (C=O) groups is 2. The Bertz CT molecular complexity index is 978. The van der Waals surface area contributed by atoms with Crippen LogP contribution in [0.15, 0.2) is 29.0 Å². The molecule has 4 saturated carbocycles. The molecule has 4 aliphatic rings. The first-order valence-electron chi connectivity index (χ1n) is 14.8. The van der Waals surface area contributed by atoms with Gasteiger partial charge in [-0.25, -0.2) is 9.59 Å². The van der Waals surface area contributed by atoms with Gasteiger partial charge in [-0.3, -0.25) is 0 Å². The average Bonchev–Trinajstić information content (AvgIpc) is 3.13. The molecule has 8 atom stereocenters. The number of nitrogens with zero attached hydrogens (tertiary/aromatic N) is 2. The molecule has 9 nitrogen and oxygen atoms in total. The van der Waals surface area contributed by atoms with Crippen LogP contribution in [0.5, 0.6) is 0 Å². The molecule has 9 heteroatoms. The Morgan fingerprint density at radius 2 is 1.65 bits per heavy atom. The zero-order chi connectivity index (χ0) is 29.7. The Balaban J connectivity index is 0.000000482. The first-order valence-corrected chi connectivity index (χ1v) is 14.8. The number of allylic oxidation sites excluding steroid dienone is 2. The van der Waals surface area contributed by atoms with Gasteiger partial charge in [-0.2, -0.15) is 0 Å². The third kappa shape index (κ3) is 6.97. The number of aliphatic hydroxyl groups excluding tert-OH is 1. The molecule has 0 aromatic heterocycles. The zero-order valence-corrected chi connectivity index (χ0v) is 24.9. The van der Waals surface area contributed by atoms with Gasteiger partial charge in [0, 0.05) is 24.1 Å². The van der Waals surface area contributed by atoms with Crippen LogP contribution in [0, 0.1) is 34.5 Å². The Morgan fingerprint density at radius 1 is 0.975 bits per heavy atom. The van der Waals surface area contributed by atoms with Crippen LogP contribution in [-0.2, 0) is 14.4 Å². The minimum atomic E-state index is -1.26. The van der Waals surface area contributed by atoms with Crippen molar-refractivity contribution in [3.8, 4) is 0 Å². The summed E-state index contributed by atoms with van der Waals surface area (Å²) in [6.45, 7) is 8.39. The van der Waals surface area contributed by atoms with E-state index in [1.807, 2.05) is 20.3 Å². The lowest BCUT2D eigenvalue weighted by atomic mass is 9.43. The Morgan fingerprint density at radius 3 is 2.27 bits per heavy atom. The fourth-order valence-corrected chi connectivity index (χ4v) is 8.41. The maximum atomic E-state index is 12.3. The molecular formula is C31H50N2O7. The molecule has 0 amide bonds. The fourth-order valence-electron chi connectivity index (χ4n) is 8.41. The molecule has 0 spiro atoms. The first-order chi connectivity index (χ1) is 18.7. The number of carboxylic acids is 2. The summed E-state index contributed by atoms with van der Waals surface area (Å²) in [5.41, 5.74) is 0.789. The molecule has 0 aliphatic heterocycles. The number of aliphatic carboxylic acids is 2. The van der Waals surface area contributed by atoms with Gasteiger partial charge in [0.15, 0.2) is 0 Å². The quantitative estimate of drug-likeness (QED) is 0.148. The second-order valence-electron chi connectivity index (χ2n) is 13.2. The molecule has 0 aromatic carbocycles. The molecule has 40 heavy (non-hydrogen) atoms. The van der Waals surface area contributed by atoms with Gasteiger partial charge in [-0.15, -0.1) is 0 Å². The molecule has 4 aliphatic carbocycles. The highest BCUT2D eigenvalue weighted by atomic mass is 16.6. The molecular weight excluding hydrogens is 512 g/mol. The summed E-state index contributed by atoms with van der Waals surface area (Å²) in [6, 6.07) is 0. The molecule has 0 radical (unpaired) electrons. The van der Waals surface area contributed by atoms with Crippen molar-refractivity contribution in [3.05, 3.63) is 23.8 Å². The number of carboxylic acid groups (broad SMARTS) is 2. The van der Waals surface area contributed by atoms with Crippen LogP contribution >= 0.6 is 0 Å². The maximum Gasteiger partial charge on any atom is 0.328 e. The third-order valence-corrected chi connectivity index (χ3v) is 10.7. The van der Waals surface area contributed by atoms with Crippen molar-refractivity contribution in [1.29, 1.82) is 0 Å². The van der Waals surface area contributed by atoms with Crippen molar-refractivity contribution in [3.63, 3.8) is 0 Å². The van der Waals surface area contributed by atoms with Crippen LogP contribution in [0.2, 0.25) is 0 Å². The van der Waals surface area contributed by atoms with E-state index in [9.17, 15) is 19.8 Å². The summed E-state index contributed by atoms with van der Waals surface area (Å²) in [5, 5.41) is 42.3. The number of fused-ring (bicyclic) bond motifs is 5. The van der Waals surface area contributed by atoms with Crippen molar-refractivity contribution >= 4 is 18.2 Å². The lowest BCUT2D eigenvalue weighted by Crippen LogP contribution is -2.62.